The van der Waals surface area contributed by atoms with Crippen LogP contribution in [0, 0.1) is 0 Å². The zero-order chi connectivity index (χ0) is 13.0. The van der Waals surface area contributed by atoms with Gasteiger partial charge in [-0.05, 0) is 12.1 Å². The molecule has 0 aliphatic carbocycles. The normalized spacial score (nSPS) is 14.1. The molecule has 0 bridgehead atoms. The van der Waals surface area contributed by atoms with Crippen LogP contribution in [0.2, 0.25) is 5.02 Å². The molecule has 0 atom stereocenters. The average Bonchev–Trinajstić information content (AvgIpc) is 2.66. The van der Waals surface area contributed by atoms with Crippen molar-refractivity contribution in [3.63, 3.8) is 0 Å². The maximum absolute atomic E-state index is 7.79. The van der Waals surface area contributed by atoms with Gasteiger partial charge in [-0.15, -0.1) is 0 Å². The fourth-order valence-corrected chi connectivity index (χ4v) is 1.82. The highest BCUT2D eigenvalue weighted by Gasteiger charge is 2.10. The van der Waals surface area contributed by atoms with Crippen molar-refractivity contribution in [2.75, 3.05) is 0 Å². The lowest BCUT2D eigenvalue weighted by molar-refractivity contribution is 0.669. The van der Waals surface area contributed by atoms with E-state index in [1.54, 1.807) is 6.07 Å². The van der Waals surface area contributed by atoms with Gasteiger partial charge in [-0.25, -0.2) is 0 Å². The van der Waals surface area contributed by atoms with E-state index in [1.165, 1.54) is 12.1 Å². The van der Waals surface area contributed by atoms with Gasteiger partial charge in [-0.3, -0.25) is 0 Å². The number of furan rings is 1. The number of fused-ring (bicyclic) bond motifs is 3. The molecule has 3 aromatic rings. The summed E-state index contributed by atoms with van der Waals surface area (Å²) in [6, 6.07) is 4.77. The van der Waals surface area contributed by atoms with Gasteiger partial charge in [-0.1, -0.05) is 41.3 Å². The van der Waals surface area contributed by atoms with Gasteiger partial charge in [0.25, 0.3) is 0 Å². The second-order valence-electron chi connectivity index (χ2n) is 3.20. The maximum Gasteiger partial charge on any atom is 0.153 e. The van der Waals surface area contributed by atoms with Crippen molar-refractivity contribution in [3.05, 3.63) is 41.3 Å². The Kier molecular flexibility index (Phi) is 1.26. The average molecular weight is 215 g/mol. The van der Waals surface area contributed by atoms with Crippen LogP contribution >= 0.6 is 11.6 Å². The summed E-state index contributed by atoms with van der Waals surface area (Å²) in [5.74, 6) is 0. The molecule has 0 aliphatic heterocycles. The number of benzene rings is 2. The smallest absolute Gasteiger partial charge is 0.153 e. The standard InChI is InChI=1S/C12H6BClO/c13-8-5-6-9(14)12-11(8)7-3-1-2-4-10(7)15-12/h1-6H/i1D,4D,5D. The second kappa shape index (κ2) is 3.04. The molecule has 1 nitrogen and oxygen atoms in total. The minimum Gasteiger partial charge on any atom is -0.455 e. The molecule has 2 radical (unpaired) electrons. The third-order valence-electron chi connectivity index (χ3n) is 2.30. The zero-order valence-corrected chi connectivity index (χ0v) is 8.35. The van der Waals surface area contributed by atoms with Gasteiger partial charge in [0.05, 0.1) is 9.13 Å². The number of rotatable bonds is 0. The maximum atomic E-state index is 7.79. The highest BCUT2D eigenvalue weighted by molar-refractivity contribution is 6.44. The van der Waals surface area contributed by atoms with Crippen LogP contribution in [0.25, 0.3) is 21.9 Å². The summed E-state index contributed by atoms with van der Waals surface area (Å²) < 4.78 is 28.7. The van der Waals surface area contributed by atoms with Crippen LogP contribution < -0.4 is 5.46 Å². The van der Waals surface area contributed by atoms with Crippen molar-refractivity contribution in [2.24, 2.45) is 0 Å². The molecule has 0 aliphatic rings. The molecule has 1 heterocycles. The zero-order valence-electron chi connectivity index (χ0n) is 10.6. The van der Waals surface area contributed by atoms with E-state index in [-0.39, 0.29) is 28.6 Å². The van der Waals surface area contributed by atoms with Crippen LogP contribution in [-0.2, 0) is 0 Å². The first-order valence-corrected chi connectivity index (χ1v) is 4.75. The van der Waals surface area contributed by atoms with Gasteiger partial charge >= 0.3 is 0 Å². The Morgan fingerprint density at radius 1 is 1.33 bits per heavy atom. The Morgan fingerprint density at radius 3 is 3.07 bits per heavy atom. The summed E-state index contributed by atoms with van der Waals surface area (Å²) >= 11 is 6.02. The number of halogens is 1. The molecule has 70 valence electrons. The van der Waals surface area contributed by atoms with E-state index in [2.05, 4.69) is 0 Å². The van der Waals surface area contributed by atoms with Crippen LogP contribution in [0.3, 0.4) is 0 Å². The van der Waals surface area contributed by atoms with E-state index in [1.807, 2.05) is 0 Å². The van der Waals surface area contributed by atoms with Crippen LogP contribution in [0.15, 0.2) is 40.7 Å². The topological polar surface area (TPSA) is 13.1 Å². The van der Waals surface area contributed by atoms with Gasteiger partial charge in [0.15, 0.2) is 5.58 Å². The first-order chi connectivity index (χ1) is 8.49. The minimum absolute atomic E-state index is 0.107. The molecule has 0 unspecified atom stereocenters. The molecule has 1 aromatic heterocycles. The molecule has 0 N–H and O–H groups in total. The van der Waals surface area contributed by atoms with E-state index in [9.17, 15) is 0 Å². The van der Waals surface area contributed by atoms with Crippen molar-refractivity contribution in [1.82, 2.24) is 0 Å². The van der Waals surface area contributed by atoms with Crippen molar-refractivity contribution in [3.8, 4) is 0 Å². The molecule has 0 amide bonds. The Balaban J connectivity index is 2.65. The van der Waals surface area contributed by atoms with Crippen LogP contribution in [0.1, 0.15) is 4.11 Å². The number of hydrogen-bond donors (Lipinski definition) is 0. The molecule has 0 spiro atoms. The molecule has 3 rings (SSSR count). The van der Waals surface area contributed by atoms with Gasteiger partial charge in [0.1, 0.15) is 13.4 Å². The molecule has 0 saturated heterocycles. The predicted octanol–water partition coefficient (Wildman–Crippen LogP) is 3.03. The third-order valence-corrected chi connectivity index (χ3v) is 2.58. The van der Waals surface area contributed by atoms with Crippen molar-refractivity contribution < 1.29 is 8.53 Å². The highest BCUT2D eigenvalue weighted by Crippen LogP contribution is 2.31. The first-order valence-electron chi connectivity index (χ1n) is 5.87. The van der Waals surface area contributed by atoms with Gasteiger partial charge in [-0.2, -0.15) is 0 Å². The van der Waals surface area contributed by atoms with Crippen molar-refractivity contribution in [2.45, 2.75) is 0 Å². The van der Waals surface area contributed by atoms with Crippen molar-refractivity contribution in [1.29, 1.82) is 0 Å². The highest BCUT2D eigenvalue weighted by atomic mass is 35.5. The summed E-state index contributed by atoms with van der Waals surface area (Å²) in [5, 5.41) is 1.34. The largest absolute Gasteiger partial charge is 0.455 e. The van der Waals surface area contributed by atoms with Crippen LogP contribution in [0.5, 0.6) is 0 Å². The Bertz CT molecular complexity index is 797. The Morgan fingerprint density at radius 2 is 2.20 bits per heavy atom. The van der Waals surface area contributed by atoms with E-state index in [0.29, 0.717) is 21.9 Å². The van der Waals surface area contributed by atoms with Crippen LogP contribution in [-0.4, -0.2) is 7.85 Å². The lowest BCUT2D eigenvalue weighted by Crippen LogP contribution is -2.01. The third kappa shape index (κ3) is 1.18. The minimum atomic E-state index is 0.107. The Labute approximate surface area is 97.3 Å². The molecular weight excluding hydrogens is 206 g/mol. The van der Waals surface area contributed by atoms with E-state index in [0.717, 1.165) is 0 Å². The fraction of sp³-hybridized carbons (Fsp3) is 0. The number of para-hydroxylation sites is 1. The molecule has 0 saturated carbocycles. The van der Waals surface area contributed by atoms with Gasteiger partial charge in [0, 0.05) is 10.8 Å². The number of hydrogen-bond acceptors (Lipinski definition) is 1. The molecule has 0 fully saturated rings. The lowest BCUT2D eigenvalue weighted by atomic mass is 9.91. The van der Waals surface area contributed by atoms with Crippen LogP contribution in [0.4, 0.5) is 0 Å². The summed E-state index contributed by atoms with van der Waals surface area (Å²) in [7, 11) is 5.87. The van der Waals surface area contributed by atoms with E-state index >= 15 is 0 Å². The lowest BCUT2D eigenvalue weighted by Gasteiger charge is -1.96. The van der Waals surface area contributed by atoms with Gasteiger partial charge in [0.2, 0.25) is 0 Å². The fourth-order valence-electron chi connectivity index (χ4n) is 1.64. The van der Waals surface area contributed by atoms with Crippen molar-refractivity contribution >= 4 is 46.8 Å². The first kappa shape index (κ1) is 6.24. The summed E-state index contributed by atoms with van der Waals surface area (Å²) in [6.07, 6.45) is 0. The summed E-state index contributed by atoms with van der Waals surface area (Å²) in [5.41, 5.74) is 0.942. The molecule has 15 heavy (non-hydrogen) atoms. The van der Waals surface area contributed by atoms with Gasteiger partial charge < -0.3 is 4.42 Å². The summed E-state index contributed by atoms with van der Waals surface area (Å²) in [4.78, 5) is 0. The monoisotopic (exact) mass is 215 g/mol. The molecule has 2 aromatic carbocycles. The van der Waals surface area contributed by atoms with E-state index in [4.69, 9.17) is 28.0 Å². The Hall–Kier alpha value is -1.41. The quantitative estimate of drug-likeness (QED) is 0.525. The molecule has 3 heteroatoms. The second-order valence-corrected chi connectivity index (χ2v) is 3.61. The molecular formula is C12H6BClO. The summed E-state index contributed by atoms with van der Waals surface area (Å²) in [6.45, 7) is 0. The van der Waals surface area contributed by atoms with E-state index < -0.39 is 0 Å². The predicted molar refractivity (Wildman–Crippen MR) is 64.1 cm³/mol. The SMILES string of the molecule is [2H]c1cc([2H])c2oc3c(Cl)cc([2H])c([B])c3c2c1.